The first kappa shape index (κ1) is 22.5. The number of thioether (sulfide) groups is 1. The first-order valence-electron chi connectivity index (χ1n) is 9.29. The van der Waals surface area contributed by atoms with E-state index in [1.165, 1.54) is 0 Å². The van der Waals surface area contributed by atoms with Crippen LogP contribution >= 0.6 is 11.8 Å². The highest BCUT2D eigenvalue weighted by Gasteiger charge is 2.17. The van der Waals surface area contributed by atoms with Crippen LogP contribution in [0.2, 0.25) is 0 Å². The van der Waals surface area contributed by atoms with Crippen LogP contribution in [0.5, 0.6) is 0 Å². The number of hydrogen-bond acceptors (Lipinski definition) is 4. The fraction of sp³-hybridized carbons (Fsp3) is 0.381. The molecule has 7 heteroatoms. The van der Waals surface area contributed by atoms with Gasteiger partial charge in [-0.2, -0.15) is 0 Å². The number of benzene rings is 2. The molecule has 2 aromatic rings. The molecule has 0 bridgehead atoms. The molecule has 1 atom stereocenters. The van der Waals surface area contributed by atoms with E-state index in [9.17, 15) is 13.2 Å². The quantitative estimate of drug-likeness (QED) is 0.576. The number of carbonyl (C=O) groups excluding carboxylic acids is 1. The molecule has 0 saturated heterocycles. The highest BCUT2D eigenvalue weighted by molar-refractivity contribution is 7.99. The average molecular weight is 421 g/mol. The van der Waals surface area contributed by atoms with Crippen LogP contribution in [-0.4, -0.2) is 26.1 Å². The summed E-state index contributed by atoms with van der Waals surface area (Å²) in [6.45, 7) is 5.79. The van der Waals surface area contributed by atoms with Crippen LogP contribution in [0.15, 0.2) is 59.5 Å². The first-order chi connectivity index (χ1) is 13.3. The Bertz CT molecular complexity index is 868. The van der Waals surface area contributed by atoms with Gasteiger partial charge in [0.15, 0.2) is 0 Å². The van der Waals surface area contributed by atoms with Gasteiger partial charge in [-0.3, -0.25) is 4.79 Å². The summed E-state index contributed by atoms with van der Waals surface area (Å²) >= 11 is 1.65. The lowest BCUT2D eigenvalue weighted by Crippen LogP contribution is -2.32. The van der Waals surface area contributed by atoms with Gasteiger partial charge >= 0.3 is 0 Å². The van der Waals surface area contributed by atoms with Gasteiger partial charge in [-0.1, -0.05) is 49.4 Å². The second-order valence-corrected chi connectivity index (χ2v) is 9.89. The number of sulfonamides is 1. The molecule has 1 unspecified atom stereocenters. The van der Waals surface area contributed by atoms with Crippen LogP contribution in [0.3, 0.4) is 0 Å². The van der Waals surface area contributed by atoms with Crippen molar-refractivity contribution in [2.75, 3.05) is 5.75 Å². The minimum absolute atomic E-state index is 0.0404. The van der Waals surface area contributed by atoms with Gasteiger partial charge in [0.2, 0.25) is 15.9 Å². The van der Waals surface area contributed by atoms with E-state index in [0.29, 0.717) is 17.9 Å². The summed E-state index contributed by atoms with van der Waals surface area (Å²) < 4.78 is 27.0. The standard InChI is InChI=1S/C21H28N2O3S2/c1-16(2)23-28(25,26)15-19-10-8-7-9-18(19)13-22-21(24)17(3)14-27-20-11-5-4-6-12-20/h4-12,16-17,23H,13-15H2,1-3H3,(H,22,24). The van der Waals surface area contributed by atoms with E-state index in [-0.39, 0.29) is 23.6 Å². The summed E-state index contributed by atoms with van der Waals surface area (Å²) in [4.78, 5) is 13.6. The Labute approximate surface area is 172 Å². The molecule has 0 aliphatic rings. The minimum atomic E-state index is -3.42. The van der Waals surface area contributed by atoms with Crippen molar-refractivity contribution in [1.82, 2.24) is 10.0 Å². The van der Waals surface area contributed by atoms with Crippen molar-refractivity contribution in [3.8, 4) is 0 Å². The van der Waals surface area contributed by atoms with Crippen molar-refractivity contribution in [3.05, 3.63) is 65.7 Å². The van der Waals surface area contributed by atoms with Crippen LogP contribution in [0.4, 0.5) is 0 Å². The van der Waals surface area contributed by atoms with Crippen molar-refractivity contribution >= 4 is 27.7 Å². The Morgan fingerprint density at radius 2 is 1.57 bits per heavy atom. The minimum Gasteiger partial charge on any atom is -0.352 e. The Morgan fingerprint density at radius 1 is 0.964 bits per heavy atom. The highest BCUT2D eigenvalue weighted by Crippen LogP contribution is 2.20. The molecule has 5 nitrogen and oxygen atoms in total. The van der Waals surface area contributed by atoms with Crippen molar-refractivity contribution in [2.24, 2.45) is 5.92 Å². The van der Waals surface area contributed by atoms with Crippen molar-refractivity contribution < 1.29 is 13.2 Å². The fourth-order valence-electron chi connectivity index (χ4n) is 2.65. The second-order valence-electron chi connectivity index (χ2n) is 7.04. The molecule has 0 aliphatic heterocycles. The van der Waals surface area contributed by atoms with Crippen LogP contribution in [0.25, 0.3) is 0 Å². The number of carbonyl (C=O) groups is 1. The zero-order chi connectivity index (χ0) is 20.6. The number of rotatable bonds is 10. The van der Waals surface area contributed by atoms with Gasteiger partial charge in [0.1, 0.15) is 0 Å². The van der Waals surface area contributed by atoms with E-state index in [1.807, 2.05) is 55.5 Å². The molecule has 28 heavy (non-hydrogen) atoms. The molecule has 0 heterocycles. The zero-order valence-corrected chi connectivity index (χ0v) is 18.1. The van der Waals surface area contributed by atoms with Crippen molar-refractivity contribution in [3.63, 3.8) is 0 Å². The van der Waals surface area contributed by atoms with E-state index >= 15 is 0 Å². The molecule has 2 aromatic carbocycles. The normalized spacial score (nSPS) is 12.7. The van der Waals surface area contributed by atoms with Gasteiger partial charge in [0, 0.05) is 29.2 Å². The third-order valence-corrected chi connectivity index (χ3v) is 6.82. The maximum absolute atomic E-state index is 12.4. The summed E-state index contributed by atoms with van der Waals surface area (Å²) in [5.74, 6) is 0.394. The Morgan fingerprint density at radius 3 is 2.21 bits per heavy atom. The topological polar surface area (TPSA) is 75.3 Å². The molecule has 0 spiro atoms. The van der Waals surface area contributed by atoms with E-state index < -0.39 is 10.0 Å². The summed E-state index contributed by atoms with van der Waals surface area (Å²) in [6, 6.07) is 17.1. The maximum Gasteiger partial charge on any atom is 0.223 e. The molecule has 1 amide bonds. The van der Waals surface area contributed by atoms with E-state index in [1.54, 1.807) is 31.7 Å². The van der Waals surface area contributed by atoms with Crippen LogP contribution in [-0.2, 0) is 27.1 Å². The number of amides is 1. The van der Waals surface area contributed by atoms with Crippen LogP contribution < -0.4 is 10.0 Å². The van der Waals surface area contributed by atoms with Crippen molar-refractivity contribution in [1.29, 1.82) is 0 Å². The number of hydrogen-bond donors (Lipinski definition) is 2. The van der Waals surface area contributed by atoms with Gasteiger partial charge < -0.3 is 5.32 Å². The van der Waals surface area contributed by atoms with E-state index in [4.69, 9.17) is 0 Å². The predicted molar refractivity (Wildman–Crippen MR) is 116 cm³/mol. The summed E-state index contributed by atoms with van der Waals surface area (Å²) in [7, 11) is -3.42. The Balaban J connectivity index is 1.92. The lowest BCUT2D eigenvalue weighted by molar-refractivity contribution is -0.124. The third-order valence-electron chi connectivity index (χ3n) is 4.02. The van der Waals surface area contributed by atoms with Crippen LogP contribution in [0.1, 0.15) is 31.9 Å². The smallest absolute Gasteiger partial charge is 0.223 e. The van der Waals surface area contributed by atoms with Gasteiger partial charge in [0.05, 0.1) is 5.75 Å². The molecule has 152 valence electrons. The predicted octanol–water partition coefficient (Wildman–Crippen LogP) is 3.56. The van der Waals surface area contributed by atoms with Crippen molar-refractivity contribution in [2.45, 2.75) is 44.0 Å². The molecular formula is C21H28N2O3S2. The maximum atomic E-state index is 12.4. The van der Waals surface area contributed by atoms with Gasteiger partial charge in [-0.05, 0) is 37.1 Å². The first-order valence-corrected chi connectivity index (χ1v) is 11.9. The summed E-state index contributed by atoms with van der Waals surface area (Å²) in [5.41, 5.74) is 1.51. The molecule has 0 radical (unpaired) electrons. The molecule has 0 aliphatic carbocycles. The average Bonchev–Trinajstić information content (AvgIpc) is 2.64. The van der Waals surface area contributed by atoms with Crippen LogP contribution in [0, 0.1) is 5.92 Å². The monoisotopic (exact) mass is 420 g/mol. The molecular weight excluding hydrogens is 392 g/mol. The third kappa shape index (κ3) is 7.66. The lowest BCUT2D eigenvalue weighted by Gasteiger charge is -2.15. The largest absolute Gasteiger partial charge is 0.352 e. The van der Waals surface area contributed by atoms with E-state index in [2.05, 4.69) is 10.0 Å². The van der Waals surface area contributed by atoms with Gasteiger partial charge in [-0.15, -0.1) is 11.8 Å². The fourth-order valence-corrected chi connectivity index (χ4v) is 5.08. The molecule has 0 aromatic heterocycles. The Hall–Kier alpha value is -1.83. The molecule has 2 rings (SSSR count). The van der Waals surface area contributed by atoms with E-state index in [0.717, 1.165) is 10.5 Å². The van der Waals surface area contributed by atoms with Gasteiger partial charge in [-0.25, -0.2) is 13.1 Å². The highest BCUT2D eigenvalue weighted by atomic mass is 32.2. The zero-order valence-electron chi connectivity index (χ0n) is 16.5. The summed E-state index contributed by atoms with van der Waals surface area (Å²) in [6.07, 6.45) is 0. The number of nitrogens with one attached hydrogen (secondary N) is 2. The lowest BCUT2D eigenvalue weighted by atomic mass is 10.1. The van der Waals surface area contributed by atoms with Gasteiger partial charge in [0.25, 0.3) is 0 Å². The molecule has 0 fully saturated rings. The second kappa shape index (κ2) is 10.6. The molecule has 0 saturated carbocycles. The Kier molecular flexibility index (Phi) is 8.54. The summed E-state index contributed by atoms with van der Waals surface area (Å²) in [5, 5.41) is 2.93. The molecule has 2 N–H and O–H groups in total. The SMILES string of the molecule is CC(C)NS(=O)(=O)Cc1ccccc1CNC(=O)C(C)CSc1ccccc1.